The molecule has 1 aromatic heterocycles. The van der Waals surface area contributed by atoms with Gasteiger partial charge in [-0.25, -0.2) is 10.2 Å². The molecule has 0 aliphatic heterocycles. The molecule has 4 aromatic rings. The zero-order valence-corrected chi connectivity index (χ0v) is 19.5. The van der Waals surface area contributed by atoms with Crippen LogP contribution in [0.15, 0.2) is 87.1 Å². The molecule has 0 atom stereocenters. The van der Waals surface area contributed by atoms with E-state index in [1.165, 1.54) is 4.57 Å². The van der Waals surface area contributed by atoms with E-state index in [9.17, 15) is 9.59 Å². The van der Waals surface area contributed by atoms with Crippen LogP contribution in [0, 0.1) is 0 Å². The van der Waals surface area contributed by atoms with E-state index in [1.54, 1.807) is 49.6 Å². The van der Waals surface area contributed by atoms with Crippen LogP contribution < -0.4 is 15.9 Å². The molecule has 172 valence electrons. The van der Waals surface area contributed by atoms with Crippen LogP contribution in [0.1, 0.15) is 11.1 Å². The average Bonchev–Trinajstić information content (AvgIpc) is 3.14. The summed E-state index contributed by atoms with van der Waals surface area (Å²) < 4.78 is 11.8. The molecular weight excluding hydrogens is 477 g/mol. The second kappa shape index (κ2) is 10.4. The fourth-order valence-electron chi connectivity index (χ4n) is 3.31. The van der Waals surface area contributed by atoms with E-state index in [4.69, 9.17) is 32.4 Å². The Labute approximate surface area is 204 Å². The lowest BCUT2D eigenvalue weighted by atomic mass is 10.1. The van der Waals surface area contributed by atoms with Crippen molar-refractivity contribution in [2.75, 3.05) is 7.11 Å². The number of hydrogen-bond donors (Lipinski definition) is 1. The number of nitrogens with zero attached hydrogens (tertiary/aromatic N) is 2. The van der Waals surface area contributed by atoms with Crippen molar-refractivity contribution in [1.82, 2.24) is 9.99 Å². The first kappa shape index (κ1) is 23.4. The lowest BCUT2D eigenvalue weighted by Gasteiger charge is -2.09. The van der Waals surface area contributed by atoms with E-state index in [-0.39, 0.29) is 6.54 Å². The SMILES string of the molecule is COc1ccccc1C(/C=C/c1ccccc1Cl)=N/NC(=O)Cn1c(=O)oc2ccc(Cl)cc21. The van der Waals surface area contributed by atoms with Crippen molar-refractivity contribution in [2.24, 2.45) is 5.10 Å². The molecular formula is C25H19Cl2N3O4. The summed E-state index contributed by atoms with van der Waals surface area (Å²) in [5.41, 5.74) is 5.13. The normalized spacial score (nSPS) is 11.8. The van der Waals surface area contributed by atoms with Gasteiger partial charge in [0.05, 0.1) is 18.3 Å². The molecule has 1 heterocycles. The topological polar surface area (TPSA) is 85.8 Å². The molecule has 0 bridgehead atoms. The fourth-order valence-corrected chi connectivity index (χ4v) is 3.67. The smallest absolute Gasteiger partial charge is 0.420 e. The number of hydrazone groups is 1. The van der Waals surface area contributed by atoms with Gasteiger partial charge in [-0.15, -0.1) is 0 Å². The Bertz CT molecular complexity index is 1470. The highest BCUT2D eigenvalue weighted by molar-refractivity contribution is 6.32. The summed E-state index contributed by atoms with van der Waals surface area (Å²) in [5.74, 6) is -0.616. The molecule has 34 heavy (non-hydrogen) atoms. The Balaban J connectivity index is 1.63. The Hall–Kier alpha value is -3.81. The Morgan fingerprint density at radius 3 is 2.68 bits per heavy atom. The van der Waals surface area contributed by atoms with Crippen molar-refractivity contribution in [1.29, 1.82) is 0 Å². The molecule has 0 unspecified atom stereocenters. The minimum Gasteiger partial charge on any atom is -0.496 e. The maximum absolute atomic E-state index is 12.7. The summed E-state index contributed by atoms with van der Waals surface area (Å²) in [6.45, 7) is -0.302. The number of rotatable bonds is 7. The van der Waals surface area contributed by atoms with Gasteiger partial charge in [0.2, 0.25) is 0 Å². The summed E-state index contributed by atoms with van der Waals surface area (Å²) in [5, 5.41) is 5.29. The van der Waals surface area contributed by atoms with Crippen LogP contribution in [-0.4, -0.2) is 23.3 Å². The number of benzene rings is 3. The number of allylic oxidation sites excluding steroid dienone is 1. The highest BCUT2D eigenvalue weighted by Gasteiger charge is 2.14. The first-order valence-corrected chi connectivity index (χ1v) is 10.9. The average molecular weight is 496 g/mol. The number of amides is 1. The number of hydrogen-bond acceptors (Lipinski definition) is 5. The molecule has 3 aromatic carbocycles. The zero-order chi connectivity index (χ0) is 24.1. The van der Waals surface area contributed by atoms with E-state index in [2.05, 4.69) is 10.5 Å². The lowest BCUT2D eigenvalue weighted by Crippen LogP contribution is -2.28. The number of carbonyl (C=O) groups excluding carboxylic acids is 1. The Morgan fingerprint density at radius 2 is 1.88 bits per heavy atom. The molecule has 0 fully saturated rings. The van der Waals surface area contributed by atoms with Crippen molar-refractivity contribution in [3.05, 3.63) is 105 Å². The van der Waals surface area contributed by atoms with Gasteiger partial charge in [-0.1, -0.05) is 59.6 Å². The van der Waals surface area contributed by atoms with Crippen LogP contribution in [0.3, 0.4) is 0 Å². The van der Waals surface area contributed by atoms with E-state index in [0.717, 1.165) is 5.56 Å². The van der Waals surface area contributed by atoms with Gasteiger partial charge in [0.1, 0.15) is 12.3 Å². The maximum Gasteiger partial charge on any atom is 0.420 e. The standard InChI is InChI=1S/C25H19Cl2N3O4/c1-33-22-9-5-3-7-18(22)20(12-10-16-6-2-4-8-19(16)27)28-29-24(31)15-30-21-14-17(26)11-13-23(21)34-25(30)32/h2-14H,15H2,1H3,(H,29,31)/b12-10+,28-20+. The number of ether oxygens (including phenoxy) is 1. The summed E-state index contributed by atoms with van der Waals surface area (Å²) in [7, 11) is 1.55. The monoisotopic (exact) mass is 495 g/mol. The molecule has 0 spiro atoms. The van der Waals surface area contributed by atoms with E-state index >= 15 is 0 Å². The summed E-state index contributed by atoms with van der Waals surface area (Å²) >= 11 is 12.3. The third-order valence-electron chi connectivity index (χ3n) is 4.94. The molecule has 0 aliphatic rings. The van der Waals surface area contributed by atoms with Gasteiger partial charge >= 0.3 is 5.76 Å². The highest BCUT2D eigenvalue weighted by Crippen LogP contribution is 2.21. The number of aromatic nitrogens is 1. The van der Waals surface area contributed by atoms with Crippen molar-refractivity contribution in [3.63, 3.8) is 0 Å². The number of methoxy groups -OCH3 is 1. The molecule has 0 aliphatic carbocycles. The van der Waals surface area contributed by atoms with Gasteiger partial charge in [0, 0.05) is 15.6 Å². The van der Waals surface area contributed by atoms with Gasteiger partial charge in [-0.05, 0) is 48.0 Å². The van der Waals surface area contributed by atoms with Gasteiger partial charge in [-0.3, -0.25) is 9.36 Å². The third-order valence-corrected chi connectivity index (χ3v) is 5.52. The van der Waals surface area contributed by atoms with Crippen LogP contribution >= 0.6 is 23.2 Å². The molecule has 1 amide bonds. The molecule has 0 radical (unpaired) electrons. The number of carbonyl (C=O) groups is 1. The van der Waals surface area contributed by atoms with E-state index < -0.39 is 11.7 Å². The summed E-state index contributed by atoms with van der Waals surface area (Å²) in [4.78, 5) is 24.9. The van der Waals surface area contributed by atoms with Gasteiger partial charge < -0.3 is 9.15 Å². The number of para-hydroxylation sites is 1. The van der Waals surface area contributed by atoms with Crippen LogP contribution in [0.25, 0.3) is 17.2 Å². The van der Waals surface area contributed by atoms with Crippen molar-refractivity contribution < 1.29 is 13.9 Å². The van der Waals surface area contributed by atoms with Crippen molar-refractivity contribution >= 4 is 52.0 Å². The number of fused-ring (bicyclic) bond motifs is 1. The fraction of sp³-hybridized carbons (Fsp3) is 0.0800. The van der Waals surface area contributed by atoms with Crippen molar-refractivity contribution in [3.8, 4) is 5.75 Å². The maximum atomic E-state index is 12.7. The quantitative estimate of drug-likeness (QED) is 0.284. The van der Waals surface area contributed by atoms with E-state index in [0.29, 0.717) is 38.2 Å². The number of oxazole rings is 1. The van der Waals surface area contributed by atoms with Crippen LogP contribution in [-0.2, 0) is 11.3 Å². The second-order valence-corrected chi connectivity index (χ2v) is 8.00. The minimum atomic E-state index is -0.667. The molecule has 0 saturated heterocycles. The lowest BCUT2D eigenvalue weighted by molar-refractivity contribution is -0.121. The van der Waals surface area contributed by atoms with Crippen LogP contribution in [0.4, 0.5) is 0 Å². The Morgan fingerprint density at radius 1 is 1.12 bits per heavy atom. The largest absolute Gasteiger partial charge is 0.496 e. The minimum absolute atomic E-state index is 0.302. The first-order valence-electron chi connectivity index (χ1n) is 10.2. The predicted octanol–water partition coefficient (Wildman–Crippen LogP) is 5.14. The molecule has 7 nitrogen and oxygen atoms in total. The van der Waals surface area contributed by atoms with Crippen LogP contribution in [0.2, 0.25) is 10.0 Å². The molecule has 9 heteroatoms. The zero-order valence-electron chi connectivity index (χ0n) is 18.0. The second-order valence-electron chi connectivity index (χ2n) is 7.15. The first-order chi connectivity index (χ1) is 16.5. The number of halogens is 2. The number of nitrogens with one attached hydrogen (secondary N) is 1. The molecule has 4 rings (SSSR count). The van der Waals surface area contributed by atoms with Crippen LogP contribution in [0.5, 0.6) is 5.75 Å². The highest BCUT2D eigenvalue weighted by atomic mass is 35.5. The predicted molar refractivity (Wildman–Crippen MR) is 134 cm³/mol. The van der Waals surface area contributed by atoms with Gasteiger partial charge in [0.25, 0.3) is 5.91 Å². The molecule has 0 saturated carbocycles. The summed E-state index contributed by atoms with van der Waals surface area (Å²) in [6.07, 6.45) is 3.51. The van der Waals surface area contributed by atoms with E-state index in [1.807, 2.05) is 36.4 Å². The summed E-state index contributed by atoms with van der Waals surface area (Å²) in [6, 6.07) is 19.4. The van der Waals surface area contributed by atoms with Gasteiger partial charge in [-0.2, -0.15) is 5.10 Å². The third kappa shape index (κ3) is 5.22. The van der Waals surface area contributed by atoms with Crippen molar-refractivity contribution in [2.45, 2.75) is 6.54 Å². The van der Waals surface area contributed by atoms with Gasteiger partial charge in [0.15, 0.2) is 5.58 Å². The Kier molecular flexibility index (Phi) is 7.15. The molecule has 1 N–H and O–H groups in total.